The number of hydrogen-bond acceptors (Lipinski definition) is 4. The number of fused-ring (bicyclic) bond motifs is 1. The Hall–Kier alpha value is -1.84. The van der Waals surface area contributed by atoms with Crippen LogP contribution in [0.2, 0.25) is 0 Å². The quantitative estimate of drug-likeness (QED) is 0.795. The molecule has 4 saturated carbocycles. The zero-order valence-corrected chi connectivity index (χ0v) is 15.6. The molecule has 4 bridgehead atoms. The van der Waals surface area contributed by atoms with E-state index in [-0.39, 0.29) is 5.97 Å². The Morgan fingerprint density at radius 3 is 2.58 bits per heavy atom. The van der Waals surface area contributed by atoms with Gasteiger partial charge in [0.05, 0.1) is 18.0 Å². The van der Waals surface area contributed by atoms with E-state index >= 15 is 0 Å². The minimum absolute atomic E-state index is 0.267. The van der Waals surface area contributed by atoms with E-state index in [0.717, 1.165) is 47.7 Å². The molecule has 0 amide bonds. The molecule has 1 heterocycles. The summed E-state index contributed by atoms with van der Waals surface area (Å²) in [6.45, 7) is 3.22. The van der Waals surface area contributed by atoms with Crippen LogP contribution in [-0.4, -0.2) is 24.1 Å². The molecule has 1 aromatic rings. The average Bonchev–Trinajstić information content (AvgIpc) is 3.07. The van der Waals surface area contributed by atoms with Crippen molar-refractivity contribution >= 4 is 17.7 Å². The molecule has 1 aromatic heterocycles. The Morgan fingerprint density at radius 1 is 1.23 bits per heavy atom. The molecule has 0 aromatic carbocycles. The van der Waals surface area contributed by atoms with Gasteiger partial charge in [0, 0.05) is 24.7 Å². The molecule has 0 radical (unpaired) electrons. The number of carbonyl (C=O) groups excluding carboxylic acids is 1. The number of nitrogens with zero attached hydrogens (tertiary/aromatic N) is 1. The number of hydrogen-bond donors (Lipinski definition) is 1. The van der Waals surface area contributed by atoms with E-state index in [1.807, 2.05) is 6.92 Å². The maximum atomic E-state index is 12.5. The van der Waals surface area contributed by atoms with E-state index in [1.165, 1.54) is 38.5 Å². The van der Waals surface area contributed by atoms with Gasteiger partial charge in [-0.15, -0.1) is 0 Å². The number of ether oxygens (including phenoxy) is 1. The van der Waals surface area contributed by atoms with Crippen molar-refractivity contribution in [1.29, 1.82) is 0 Å². The first kappa shape index (κ1) is 16.3. The molecule has 138 valence electrons. The lowest BCUT2D eigenvalue weighted by Crippen LogP contribution is -2.49. The van der Waals surface area contributed by atoms with Gasteiger partial charge in [-0.25, -0.2) is 4.79 Å². The lowest BCUT2D eigenvalue weighted by molar-refractivity contribution is -0.0444. The third kappa shape index (κ3) is 2.65. The molecule has 5 aliphatic carbocycles. The van der Waals surface area contributed by atoms with Gasteiger partial charge in [0.2, 0.25) is 0 Å². The highest BCUT2D eigenvalue weighted by Gasteiger charge is 2.50. The van der Waals surface area contributed by atoms with Gasteiger partial charge in [-0.05, 0) is 68.6 Å². The smallest absolute Gasteiger partial charge is 0.341 e. The standard InChI is InChI=1S/C22H28N2O2/c1-2-26-21(25)18-12-23-19-5-3-4-17(19)20(18)24-13-22-9-14-6-15(10-22)8-16(7-14)11-22/h3-4,12,14-16H,2,5-11,13H2,1H3,(H,23,24). The van der Waals surface area contributed by atoms with Gasteiger partial charge >= 0.3 is 5.97 Å². The Kier molecular flexibility index (Phi) is 3.84. The molecule has 0 aliphatic heterocycles. The molecule has 0 unspecified atom stereocenters. The van der Waals surface area contributed by atoms with Crippen molar-refractivity contribution in [2.24, 2.45) is 23.2 Å². The van der Waals surface area contributed by atoms with Gasteiger partial charge in [0.25, 0.3) is 0 Å². The molecule has 5 aliphatic rings. The number of rotatable bonds is 5. The van der Waals surface area contributed by atoms with Crippen molar-refractivity contribution in [2.45, 2.75) is 51.9 Å². The maximum absolute atomic E-state index is 12.5. The molecule has 1 N–H and O–H groups in total. The van der Waals surface area contributed by atoms with Gasteiger partial charge < -0.3 is 10.1 Å². The van der Waals surface area contributed by atoms with Crippen LogP contribution in [0.3, 0.4) is 0 Å². The van der Waals surface area contributed by atoms with Crippen molar-refractivity contribution in [3.63, 3.8) is 0 Å². The Bertz CT molecular complexity index is 732. The van der Waals surface area contributed by atoms with Gasteiger partial charge in [0.1, 0.15) is 5.56 Å². The summed E-state index contributed by atoms with van der Waals surface area (Å²) in [7, 11) is 0. The van der Waals surface area contributed by atoms with Crippen molar-refractivity contribution < 1.29 is 9.53 Å². The number of nitrogens with one attached hydrogen (secondary N) is 1. The van der Waals surface area contributed by atoms with E-state index in [0.29, 0.717) is 17.6 Å². The summed E-state index contributed by atoms with van der Waals surface area (Å²) in [5.74, 6) is 2.55. The fourth-order valence-corrected chi connectivity index (χ4v) is 6.53. The molecule has 4 nitrogen and oxygen atoms in total. The zero-order chi connectivity index (χ0) is 17.7. The Labute approximate surface area is 155 Å². The van der Waals surface area contributed by atoms with Gasteiger partial charge in [-0.1, -0.05) is 12.2 Å². The third-order valence-corrected chi connectivity index (χ3v) is 7.10. The van der Waals surface area contributed by atoms with E-state index in [4.69, 9.17) is 4.74 Å². The first-order valence-corrected chi connectivity index (χ1v) is 10.3. The highest BCUT2D eigenvalue weighted by atomic mass is 16.5. The van der Waals surface area contributed by atoms with Gasteiger partial charge in [0.15, 0.2) is 0 Å². The second-order valence-electron chi connectivity index (χ2n) is 9.01. The van der Waals surface area contributed by atoms with Crippen molar-refractivity contribution in [1.82, 2.24) is 4.98 Å². The normalized spacial score (nSPS) is 33.3. The lowest BCUT2D eigenvalue weighted by Gasteiger charge is -2.57. The molecular formula is C22H28N2O2. The fourth-order valence-electron chi connectivity index (χ4n) is 6.53. The molecule has 4 heteroatoms. The predicted molar refractivity (Wildman–Crippen MR) is 102 cm³/mol. The van der Waals surface area contributed by atoms with Crippen molar-refractivity contribution in [3.8, 4) is 0 Å². The highest BCUT2D eigenvalue weighted by molar-refractivity contribution is 5.98. The Balaban J connectivity index is 1.42. The third-order valence-electron chi connectivity index (χ3n) is 7.10. The predicted octanol–water partition coefficient (Wildman–Crippen LogP) is 4.46. The summed E-state index contributed by atoms with van der Waals surface area (Å²) in [6.07, 6.45) is 15.3. The summed E-state index contributed by atoms with van der Waals surface area (Å²) >= 11 is 0. The van der Waals surface area contributed by atoms with Crippen molar-refractivity contribution in [2.75, 3.05) is 18.5 Å². The molecule has 6 rings (SSSR count). The summed E-state index contributed by atoms with van der Waals surface area (Å²) < 4.78 is 5.28. The summed E-state index contributed by atoms with van der Waals surface area (Å²) in [5, 5.41) is 3.72. The number of anilines is 1. The fraction of sp³-hybridized carbons (Fsp3) is 0.636. The largest absolute Gasteiger partial charge is 0.462 e. The van der Waals surface area contributed by atoms with Crippen LogP contribution in [0.25, 0.3) is 6.08 Å². The molecule has 0 spiro atoms. The second-order valence-corrected chi connectivity index (χ2v) is 9.01. The molecule has 0 saturated heterocycles. The number of esters is 1. The minimum atomic E-state index is -0.267. The molecular weight excluding hydrogens is 324 g/mol. The van der Waals surface area contributed by atoms with E-state index in [2.05, 4.69) is 22.5 Å². The summed E-state index contributed by atoms with van der Waals surface area (Å²) in [6, 6.07) is 0. The number of carbonyl (C=O) groups is 1. The van der Waals surface area contributed by atoms with E-state index in [9.17, 15) is 4.79 Å². The van der Waals surface area contributed by atoms with Crippen LogP contribution in [0.1, 0.15) is 67.1 Å². The monoisotopic (exact) mass is 352 g/mol. The van der Waals surface area contributed by atoms with Crippen molar-refractivity contribution in [3.05, 3.63) is 29.1 Å². The number of aromatic nitrogens is 1. The van der Waals surface area contributed by atoms with Crippen LogP contribution in [0, 0.1) is 23.2 Å². The first-order chi connectivity index (χ1) is 12.7. The van der Waals surface area contributed by atoms with Crippen LogP contribution in [0.15, 0.2) is 12.3 Å². The lowest BCUT2D eigenvalue weighted by atomic mass is 9.49. The van der Waals surface area contributed by atoms with Crippen LogP contribution in [-0.2, 0) is 11.2 Å². The highest BCUT2D eigenvalue weighted by Crippen LogP contribution is 2.60. The zero-order valence-electron chi connectivity index (χ0n) is 15.6. The summed E-state index contributed by atoms with van der Waals surface area (Å²) in [4.78, 5) is 17.0. The van der Waals surface area contributed by atoms with Crippen LogP contribution >= 0.6 is 0 Å². The van der Waals surface area contributed by atoms with Gasteiger partial charge in [-0.2, -0.15) is 0 Å². The molecule has 0 atom stereocenters. The van der Waals surface area contributed by atoms with E-state index < -0.39 is 0 Å². The molecule has 26 heavy (non-hydrogen) atoms. The number of pyridine rings is 1. The molecule has 4 fully saturated rings. The van der Waals surface area contributed by atoms with E-state index in [1.54, 1.807) is 6.20 Å². The SMILES string of the molecule is CCOC(=O)c1cnc2c(c1NCC13CC4CC(CC(C4)C1)C3)C=CC2. The van der Waals surface area contributed by atoms with Crippen LogP contribution in [0.4, 0.5) is 5.69 Å². The maximum Gasteiger partial charge on any atom is 0.341 e. The summed E-state index contributed by atoms with van der Waals surface area (Å²) in [5.41, 5.74) is 4.10. The Morgan fingerprint density at radius 2 is 1.92 bits per heavy atom. The topological polar surface area (TPSA) is 51.2 Å². The van der Waals surface area contributed by atoms with Crippen LogP contribution < -0.4 is 5.32 Å². The minimum Gasteiger partial charge on any atom is -0.462 e. The second kappa shape index (κ2) is 6.11. The van der Waals surface area contributed by atoms with Gasteiger partial charge in [-0.3, -0.25) is 4.98 Å². The van der Waals surface area contributed by atoms with Crippen LogP contribution in [0.5, 0.6) is 0 Å². The first-order valence-electron chi connectivity index (χ1n) is 10.3. The average molecular weight is 352 g/mol. The number of allylic oxidation sites excluding steroid dienone is 1.